The predicted octanol–water partition coefficient (Wildman–Crippen LogP) is 2.25. The molecule has 0 aliphatic carbocycles. The summed E-state index contributed by atoms with van der Waals surface area (Å²) in [6.45, 7) is 1.79. The zero-order valence-corrected chi connectivity index (χ0v) is 9.02. The van der Waals surface area contributed by atoms with Crippen molar-refractivity contribution in [2.45, 2.75) is 6.92 Å². The number of ether oxygens (including phenoxy) is 1. The number of hydrogen-bond donors (Lipinski definition) is 1. The van der Waals surface area contributed by atoms with Crippen LogP contribution in [0.5, 0.6) is 5.75 Å². The van der Waals surface area contributed by atoms with Gasteiger partial charge in [0.15, 0.2) is 0 Å². The molecule has 0 radical (unpaired) electrons. The number of carbonyl (C=O) groups is 1. The van der Waals surface area contributed by atoms with E-state index < -0.39 is 5.97 Å². The number of aromatic nitrogens is 1. The van der Waals surface area contributed by atoms with E-state index in [1.54, 1.807) is 26.2 Å². The van der Waals surface area contributed by atoms with Crippen molar-refractivity contribution in [3.63, 3.8) is 0 Å². The van der Waals surface area contributed by atoms with E-state index in [1.165, 1.54) is 0 Å². The molecule has 0 saturated heterocycles. The number of carboxylic acids is 1. The molecule has 16 heavy (non-hydrogen) atoms. The lowest BCUT2D eigenvalue weighted by Gasteiger charge is -2.05. The minimum atomic E-state index is -1.01. The first-order chi connectivity index (χ1) is 7.61. The highest BCUT2D eigenvalue weighted by molar-refractivity contribution is 5.93. The zero-order valence-electron chi connectivity index (χ0n) is 9.02. The van der Waals surface area contributed by atoms with Crippen LogP contribution in [0.2, 0.25) is 0 Å². The van der Waals surface area contributed by atoms with Crippen molar-refractivity contribution in [1.29, 1.82) is 0 Å². The van der Waals surface area contributed by atoms with E-state index in [0.29, 0.717) is 5.69 Å². The van der Waals surface area contributed by atoms with Gasteiger partial charge in [0.05, 0.1) is 7.11 Å². The van der Waals surface area contributed by atoms with E-state index in [1.807, 2.05) is 12.1 Å². The summed E-state index contributed by atoms with van der Waals surface area (Å²) in [4.78, 5) is 14.9. The summed E-state index contributed by atoms with van der Waals surface area (Å²) in [5, 5.41) is 10.6. The molecule has 0 amide bonds. The quantitative estimate of drug-likeness (QED) is 0.838. The Balaban J connectivity index is 2.71. The van der Waals surface area contributed by atoms with Crippen LogP contribution in [0.1, 0.15) is 16.2 Å². The number of nitrogens with zero attached hydrogens (tertiary/aromatic N) is 1. The third-order valence-electron chi connectivity index (χ3n) is 2.45. The molecule has 2 rings (SSSR count). The number of aromatic carboxylic acids is 1. The van der Waals surface area contributed by atoms with Gasteiger partial charge in [0.25, 0.3) is 0 Å². The predicted molar refractivity (Wildman–Crippen MR) is 60.0 cm³/mol. The molecule has 0 aliphatic rings. The summed E-state index contributed by atoms with van der Waals surface area (Å²) in [7, 11) is 1.59. The molecule has 4 nitrogen and oxygen atoms in total. The van der Waals surface area contributed by atoms with E-state index in [4.69, 9.17) is 9.84 Å². The molecule has 4 heteroatoms. The average Bonchev–Trinajstić information content (AvgIpc) is 2.28. The maximum atomic E-state index is 10.8. The normalized spacial score (nSPS) is 10.4. The summed E-state index contributed by atoms with van der Waals surface area (Å²) in [6.07, 6.45) is 0. The summed E-state index contributed by atoms with van der Waals surface area (Å²) in [6, 6.07) is 7.04. The minimum absolute atomic E-state index is 0.0650. The molecule has 0 saturated carbocycles. The van der Waals surface area contributed by atoms with E-state index in [0.717, 1.165) is 16.5 Å². The first-order valence-electron chi connectivity index (χ1n) is 4.80. The summed E-state index contributed by atoms with van der Waals surface area (Å²) >= 11 is 0. The van der Waals surface area contributed by atoms with Crippen molar-refractivity contribution in [1.82, 2.24) is 4.98 Å². The molecule has 82 valence electrons. The molecule has 0 spiro atoms. The van der Waals surface area contributed by atoms with Crippen molar-refractivity contribution in [3.05, 3.63) is 35.7 Å². The Labute approximate surface area is 92.5 Å². The Morgan fingerprint density at radius 1 is 1.38 bits per heavy atom. The fraction of sp³-hybridized carbons (Fsp3) is 0.167. The van der Waals surface area contributed by atoms with Gasteiger partial charge in [0.1, 0.15) is 11.4 Å². The maximum absolute atomic E-state index is 10.8. The van der Waals surface area contributed by atoms with Crippen molar-refractivity contribution in [3.8, 4) is 5.75 Å². The van der Waals surface area contributed by atoms with Crippen molar-refractivity contribution in [2.24, 2.45) is 0 Å². The number of fused-ring (bicyclic) bond motifs is 1. The lowest BCUT2D eigenvalue weighted by molar-refractivity contribution is 0.0690. The lowest BCUT2D eigenvalue weighted by Crippen LogP contribution is -2.01. The van der Waals surface area contributed by atoms with Crippen LogP contribution in [-0.2, 0) is 0 Å². The molecule has 1 aromatic heterocycles. The molecule has 0 aliphatic heterocycles. The highest BCUT2D eigenvalue weighted by Crippen LogP contribution is 2.23. The van der Waals surface area contributed by atoms with Crippen LogP contribution < -0.4 is 4.74 Å². The zero-order chi connectivity index (χ0) is 11.7. The number of benzene rings is 1. The van der Waals surface area contributed by atoms with Gasteiger partial charge in [-0.25, -0.2) is 9.78 Å². The molecule has 1 aromatic carbocycles. The second kappa shape index (κ2) is 3.81. The van der Waals surface area contributed by atoms with E-state index >= 15 is 0 Å². The van der Waals surface area contributed by atoms with Gasteiger partial charge in [-0.15, -0.1) is 0 Å². The first kappa shape index (κ1) is 10.4. The van der Waals surface area contributed by atoms with Gasteiger partial charge in [0, 0.05) is 11.1 Å². The lowest BCUT2D eigenvalue weighted by atomic mass is 10.1. The Hall–Kier alpha value is -2.10. The Kier molecular flexibility index (Phi) is 2.48. The number of methoxy groups -OCH3 is 1. The third kappa shape index (κ3) is 1.69. The molecule has 0 atom stereocenters. The smallest absolute Gasteiger partial charge is 0.354 e. The summed E-state index contributed by atoms with van der Waals surface area (Å²) in [5.74, 6) is -0.277. The summed E-state index contributed by atoms with van der Waals surface area (Å²) < 4.78 is 5.11. The van der Waals surface area contributed by atoms with Gasteiger partial charge in [-0.1, -0.05) is 6.07 Å². The number of aryl methyl sites for hydroxylation is 1. The van der Waals surface area contributed by atoms with Crippen molar-refractivity contribution >= 4 is 16.7 Å². The van der Waals surface area contributed by atoms with E-state index in [9.17, 15) is 4.79 Å². The van der Waals surface area contributed by atoms with Gasteiger partial charge in [-0.2, -0.15) is 0 Å². The van der Waals surface area contributed by atoms with Crippen LogP contribution in [0, 0.1) is 6.92 Å². The first-order valence-corrected chi connectivity index (χ1v) is 4.80. The number of carboxylic acid groups (broad SMARTS) is 1. The van der Waals surface area contributed by atoms with Gasteiger partial charge >= 0.3 is 5.97 Å². The second-order valence-corrected chi connectivity index (χ2v) is 3.49. The average molecular weight is 217 g/mol. The highest BCUT2D eigenvalue weighted by Gasteiger charge is 2.08. The van der Waals surface area contributed by atoms with Crippen LogP contribution in [0.25, 0.3) is 10.8 Å². The fourth-order valence-electron chi connectivity index (χ4n) is 1.63. The van der Waals surface area contributed by atoms with Gasteiger partial charge in [0.2, 0.25) is 0 Å². The number of rotatable bonds is 2. The van der Waals surface area contributed by atoms with Crippen LogP contribution in [0.3, 0.4) is 0 Å². The SMILES string of the molecule is COc1ccc2cc(C(=O)O)nc(C)c2c1. The van der Waals surface area contributed by atoms with E-state index in [-0.39, 0.29) is 5.69 Å². The monoisotopic (exact) mass is 217 g/mol. The molecule has 1 heterocycles. The second-order valence-electron chi connectivity index (χ2n) is 3.49. The van der Waals surface area contributed by atoms with Gasteiger partial charge < -0.3 is 9.84 Å². The number of pyridine rings is 1. The number of hydrogen-bond acceptors (Lipinski definition) is 3. The topological polar surface area (TPSA) is 59.4 Å². The fourth-order valence-corrected chi connectivity index (χ4v) is 1.63. The van der Waals surface area contributed by atoms with Gasteiger partial charge in [-0.3, -0.25) is 0 Å². The molecule has 2 aromatic rings. The van der Waals surface area contributed by atoms with Crippen molar-refractivity contribution in [2.75, 3.05) is 7.11 Å². The Morgan fingerprint density at radius 3 is 2.75 bits per heavy atom. The largest absolute Gasteiger partial charge is 0.497 e. The molecule has 0 bridgehead atoms. The molecule has 0 fully saturated rings. The Morgan fingerprint density at radius 2 is 2.12 bits per heavy atom. The van der Waals surface area contributed by atoms with Crippen molar-refractivity contribution < 1.29 is 14.6 Å². The van der Waals surface area contributed by atoms with Crippen LogP contribution in [0.4, 0.5) is 0 Å². The molecule has 1 N–H and O–H groups in total. The minimum Gasteiger partial charge on any atom is -0.497 e. The summed E-state index contributed by atoms with van der Waals surface area (Å²) in [5.41, 5.74) is 0.754. The van der Waals surface area contributed by atoms with E-state index in [2.05, 4.69) is 4.98 Å². The molecular formula is C12H11NO3. The third-order valence-corrected chi connectivity index (χ3v) is 2.45. The molecule has 0 unspecified atom stereocenters. The van der Waals surface area contributed by atoms with Crippen LogP contribution in [0.15, 0.2) is 24.3 Å². The van der Waals surface area contributed by atoms with Crippen LogP contribution in [-0.4, -0.2) is 23.2 Å². The Bertz CT molecular complexity index is 563. The van der Waals surface area contributed by atoms with Gasteiger partial charge in [-0.05, 0) is 30.5 Å². The van der Waals surface area contributed by atoms with Crippen LogP contribution >= 0.6 is 0 Å². The highest BCUT2D eigenvalue weighted by atomic mass is 16.5. The maximum Gasteiger partial charge on any atom is 0.354 e. The molecular weight excluding hydrogens is 206 g/mol. The standard InChI is InChI=1S/C12H11NO3/c1-7-10-6-9(16-2)4-3-8(10)5-11(13-7)12(14)15/h3-6H,1-2H3,(H,14,15).